The first-order chi connectivity index (χ1) is 10.2. The minimum Gasteiger partial charge on any atom is -0.507 e. The van der Waals surface area contributed by atoms with Crippen molar-refractivity contribution in [1.82, 2.24) is 0 Å². The van der Waals surface area contributed by atoms with Crippen LogP contribution in [0.2, 0.25) is 5.02 Å². The Balaban J connectivity index is 2.02. The highest BCUT2D eigenvalue weighted by Crippen LogP contribution is 2.21. The van der Waals surface area contributed by atoms with Crippen LogP contribution in [0.5, 0.6) is 5.75 Å². The van der Waals surface area contributed by atoms with Crippen molar-refractivity contribution in [3.05, 3.63) is 58.6 Å². The van der Waals surface area contributed by atoms with Gasteiger partial charge in [0.2, 0.25) is 0 Å². The maximum absolute atomic E-state index is 9.73. The standard InChI is InChI=1S/C18H20ClNO/c1-2-3-4-5-14-6-9-17(10-7-14)20-13-15-12-16(19)8-11-18(15)21/h6-13,21H,2-5H2,1H3. The number of phenols is 1. The van der Waals surface area contributed by atoms with Gasteiger partial charge in [0, 0.05) is 16.8 Å². The lowest BCUT2D eigenvalue weighted by Gasteiger charge is -2.02. The number of hydrogen-bond donors (Lipinski definition) is 1. The Morgan fingerprint density at radius 3 is 2.57 bits per heavy atom. The van der Waals surface area contributed by atoms with Gasteiger partial charge < -0.3 is 5.11 Å². The molecule has 0 saturated heterocycles. The van der Waals surface area contributed by atoms with Crippen LogP contribution in [0.15, 0.2) is 47.5 Å². The first-order valence-corrected chi connectivity index (χ1v) is 7.68. The largest absolute Gasteiger partial charge is 0.507 e. The highest BCUT2D eigenvalue weighted by Gasteiger charge is 1.99. The van der Waals surface area contributed by atoms with Gasteiger partial charge in [0.15, 0.2) is 0 Å². The van der Waals surface area contributed by atoms with Crippen molar-refractivity contribution in [3.63, 3.8) is 0 Å². The molecule has 0 aliphatic heterocycles. The number of aryl methyl sites for hydroxylation is 1. The summed E-state index contributed by atoms with van der Waals surface area (Å²) in [6, 6.07) is 13.1. The van der Waals surface area contributed by atoms with E-state index < -0.39 is 0 Å². The normalized spacial score (nSPS) is 11.1. The van der Waals surface area contributed by atoms with E-state index in [2.05, 4.69) is 24.0 Å². The van der Waals surface area contributed by atoms with Gasteiger partial charge >= 0.3 is 0 Å². The minimum absolute atomic E-state index is 0.180. The summed E-state index contributed by atoms with van der Waals surface area (Å²) < 4.78 is 0. The van der Waals surface area contributed by atoms with Crippen LogP contribution >= 0.6 is 11.6 Å². The van der Waals surface area contributed by atoms with Crippen LogP contribution in [0.4, 0.5) is 5.69 Å². The summed E-state index contributed by atoms with van der Waals surface area (Å²) in [6.07, 6.45) is 6.50. The molecule has 0 radical (unpaired) electrons. The van der Waals surface area contributed by atoms with Crippen molar-refractivity contribution in [2.45, 2.75) is 32.6 Å². The monoisotopic (exact) mass is 301 g/mol. The molecule has 3 heteroatoms. The molecule has 0 unspecified atom stereocenters. The fourth-order valence-corrected chi connectivity index (χ4v) is 2.28. The number of benzene rings is 2. The molecule has 0 aliphatic rings. The Kier molecular flexibility index (Phi) is 5.82. The van der Waals surface area contributed by atoms with Crippen LogP contribution in [-0.2, 0) is 6.42 Å². The second kappa shape index (κ2) is 7.84. The van der Waals surface area contributed by atoms with Gasteiger partial charge in [-0.25, -0.2) is 0 Å². The molecule has 110 valence electrons. The molecule has 0 amide bonds. The third kappa shape index (κ3) is 4.91. The lowest BCUT2D eigenvalue weighted by atomic mass is 10.1. The van der Waals surface area contributed by atoms with Crippen molar-refractivity contribution in [2.75, 3.05) is 0 Å². The third-order valence-corrected chi connectivity index (χ3v) is 3.58. The van der Waals surface area contributed by atoms with Gasteiger partial charge in [-0.1, -0.05) is 43.5 Å². The van der Waals surface area contributed by atoms with E-state index in [1.54, 1.807) is 24.4 Å². The maximum atomic E-state index is 9.73. The number of aromatic hydroxyl groups is 1. The average molecular weight is 302 g/mol. The van der Waals surface area contributed by atoms with Gasteiger partial charge in [0.1, 0.15) is 5.75 Å². The number of rotatable bonds is 6. The first kappa shape index (κ1) is 15.6. The molecule has 0 aromatic heterocycles. The maximum Gasteiger partial charge on any atom is 0.124 e. The van der Waals surface area contributed by atoms with E-state index in [0.717, 1.165) is 12.1 Å². The van der Waals surface area contributed by atoms with Crippen molar-refractivity contribution in [1.29, 1.82) is 0 Å². The van der Waals surface area contributed by atoms with Crippen molar-refractivity contribution in [2.24, 2.45) is 4.99 Å². The predicted octanol–water partition coefficient (Wildman–Crippen LogP) is 5.53. The number of aliphatic imine (C=N–C) groups is 1. The molecular weight excluding hydrogens is 282 g/mol. The summed E-state index contributed by atoms with van der Waals surface area (Å²) in [5.74, 6) is 0.180. The summed E-state index contributed by atoms with van der Waals surface area (Å²) in [6.45, 7) is 2.21. The second-order valence-corrected chi connectivity index (χ2v) is 5.52. The average Bonchev–Trinajstić information content (AvgIpc) is 2.50. The summed E-state index contributed by atoms with van der Waals surface area (Å²) in [5.41, 5.74) is 2.83. The van der Waals surface area contributed by atoms with Gasteiger partial charge in [-0.05, 0) is 48.7 Å². The highest BCUT2D eigenvalue weighted by atomic mass is 35.5. The van der Waals surface area contributed by atoms with E-state index in [1.165, 1.54) is 24.8 Å². The summed E-state index contributed by atoms with van der Waals surface area (Å²) in [4.78, 5) is 4.37. The Bertz CT molecular complexity index is 605. The fraction of sp³-hybridized carbons (Fsp3) is 0.278. The van der Waals surface area contributed by atoms with Gasteiger partial charge in [-0.15, -0.1) is 0 Å². The van der Waals surface area contributed by atoms with Crippen LogP contribution in [0, 0.1) is 0 Å². The second-order valence-electron chi connectivity index (χ2n) is 5.08. The zero-order valence-electron chi connectivity index (χ0n) is 12.2. The van der Waals surface area contributed by atoms with Crippen LogP contribution in [-0.4, -0.2) is 11.3 Å². The lowest BCUT2D eigenvalue weighted by Crippen LogP contribution is -1.85. The number of phenolic OH excluding ortho intramolecular Hbond substituents is 1. The fourth-order valence-electron chi connectivity index (χ4n) is 2.10. The Morgan fingerprint density at radius 2 is 1.86 bits per heavy atom. The van der Waals surface area contributed by atoms with Crippen LogP contribution in [0.1, 0.15) is 37.3 Å². The Hall–Kier alpha value is -1.80. The lowest BCUT2D eigenvalue weighted by molar-refractivity contribution is 0.474. The van der Waals surface area contributed by atoms with Crippen molar-refractivity contribution in [3.8, 4) is 5.75 Å². The molecule has 0 spiro atoms. The van der Waals surface area contributed by atoms with E-state index in [0.29, 0.717) is 10.6 Å². The molecule has 0 bridgehead atoms. The van der Waals surface area contributed by atoms with E-state index in [1.807, 2.05) is 12.1 Å². The zero-order valence-corrected chi connectivity index (χ0v) is 13.0. The van der Waals surface area contributed by atoms with E-state index in [4.69, 9.17) is 11.6 Å². The number of nitrogens with zero attached hydrogens (tertiary/aromatic N) is 1. The molecule has 2 aromatic carbocycles. The van der Waals surface area contributed by atoms with E-state index >= 15 is 0 Å². The number of hydrogen-bond acceptors (Lipinski definition) is 2. The molecule has 2 aromatic rings. The van der Waals surface area contributed by atoms with Gasteiger partial charge in [-0.2, -0.15) is 0 Å². The minimum atomic E-state index is 0.180. The number of halogens is 1. The smallest absolute Gasteiger partial charge is 0.124 e. The number of unbranched alkanes of at least 4 members (excludes halogenated alkanes) is 2. The molecular formula is C18H20ClNO. The predicted molar refractivity (Wildman–Crippen MR) is 90.0 cm³/mol. The molecule has 0 aliphatic carbocycles. The van der Waals surface area contributed by atoms with Crippen molar-refractivity contribution < 1.29 is 5.11 Å². The van der Waals surface area contributed by atoms with E-state index in [-0.39, 0.29) is 5.75 Å². The molecule has 0 atom stereocenters. The molecule has 1 N–H and O–H groups in total. The van der Waals surface area contributed by atoms with Crippen LogP contribution in [0.3, 0.4) is 0 Å². The molecule has 0 heterocycles. The highest BCUT2D eigenvalue weighted by molar-refractivity contribution is 6.30. The molecule has 2 rings (SSSR count). The molecule has 0 saturated carbocycles. The van der Waals surface area contributed by atoms with Gasteiger partial charge in [-0.3, -0.25) is 4.99 Å². The molecule has 21 heavy (non-hydrogen) atoms. The third-order valence-electron chi connectivity index (χ3n) is 3.35. The molecule has 0 fully saturated rings. The van der Waals surface area contributed by atoms with E-state index in [9.17, 15) is 5.11 Å². The summed E-state index contributed by atoms with van der Waals surface area (Å²) >= 11 is 5.91. The molecule has 2 nitrogen and oxygen atoms in total. The first-order valence-electron chi connectivity index (χ1n) is 7.30. The van der Waals surface area contributed by atoms with Crippen molar-refractivity contribution >= 4 is 23.5 Å². The quantitative estimate of drug-likeness (QED) is 0.552. The zero-order chi connectivity index (χ0) is 15.1. The SMILES string of the molecule is CCCCCc1ccc(N=Cc2cc(Cl)ccc2O)cc1. The van der Waals surface area contributed by atoms with Gasteiger partial charge in [0.05, 0.1) is 5.69 Å². The van der Waals surface area contributed by atoms with Crippen LogP contribution < -0.4 is 0 Å². The Morgan fingerprint density at radius 1 is 1.10 bits per heavy atom. The Labute approximate surface area is 131 Å². The summed E-state index contributed by atoms with van der Waals surface area (Å²) in [7, 11) is 0. The topological polar surface area (TPSA) is 32.6 Å². The van der Waals surface area contributed by atoms with Gasteiger partial charge in [0.25, 0.3) is 0 Å². The summed E-state index contributed by atoms with van der Waals surface area (Å²) in [5, 5.41) is 10.3. The van der Waals surface area contributed by atoms with Crippen LogP contribution in [0.25, 0.3) is 0 Å².